The fourth-order valence-electron chi connectivity index (χ4n) is 9.01. The number of nitrogens with zero attached hydrogens (tertiary/aromatic N) is 4. The summed E-state index contributed by atoms with van der Waals surface area (Å²) in [5.74, 6) is 0. The molecular formula is C44H60AgBrCl2N4Pd. The Kier molecular flexibility index (Phi) is 18.8. The predicted molar refractivity (Wildman–Crippen MR) is 232 cm³/mol. The van der Waals surface area contributed by atoms with Crippen molar-refractivity contribution in [1.29, 1.82) is 0 Å². The summed E-state index contributed by atoms with van der Waals surface area (Å²) < 4.78 is 0. The zero-order valence-electron chi connectivity index (χ0n) is 33.8. The summed E-state index contributed by atoms with van der Waals surface area (Å²) in [7, 11) is 9.63. The molecule has 6 rings (SSSR count). The molecule has 2 saturated heterocycles. The second-order valence-electron chi connectivity index (χ2n) is 15.1. The summed E-state index contributed by atoms with van der Waals surface area (Å²) in [6.45, 7) is 33.3. The zero-order chi connectivity index (χ0) is 39.6. The molecule has 2 aliphatic heterocycles. The molecule has 0 radical (unpaired) electrons. The molecule has 0 spiro atoms. The number of benzene rings is 4. The molecule has 0 bridgehead atoms. The van der Waals surface area contributed by atoms with E-state index >= 15 is 0 Å². The van der Waals surface area contributed by atoms with Crippen LogP contribution in [0.5, 0.6) is 0 Å². The first-order chi connectivity index (χ1) is 25.1. The molecule has 2 fully saturated rings. The maximum absolute atomic E-state index is 4.81. The molecule has 53 heavy (non-hydrogen) atoms. The van der Waals surface area contributed by atoms with E-state index in [1.807, 2.05) is 0 Å². The van der Waals surface area contributed by atoms with Gasteiger partial charge in [-0.2, -0.15) is 0 Å². The number of halogens is 3. The van der Waals surface area contributed by atoms with E-state index in [0.29, 0.717) is 0 Å². The van der Waals surface area contributed by atoms with Crippen molar-refractivity contribution in [2.24, 2.45) is 0 Å². The normalized spacial score (nSPS) is 14.2. The third-order valence-electron chi connectivity index (χ3n) is 10.2. The van der Waals surface area contributed by atoms with E-state index in [-0.39, 0.29) is 15.9 Å². The van der Waals surface area contributed by atoms with Crippen LogP contribution in [0.2, 0.25) is 0 Å². The maximum atomic E-state index is 4.81. The van der Waals surface area contributed by atoms with Gasteiger partial charge < -0.3 is 19.6 Å². The summed E-state index contributed by atoms with van der Waals surface area (Å²) in [5.41, 5.74) is 22.3. The van der Waals surface area contributed by atoms with Gasteiger partial charge in [-0.3, -0.25) is 0 Å². The Morgan fingerprint density at radius 3 is 0.698 bits per heavy atom. The summed E-state index contributed by atoms with van der Waals surface area (Å²) in [6, 6.07) is 18.5. The van der Waals surface area contributed by atoms with Crippen LogP contribution >= 0.6 is 32.1 Å². The Balaban J connectivity index is 0.000000255. The molecule has 0 aliphatic carbocycles. The molecule has 0 N–H and O–H groups in total. The Labute approximate surface area is 357 Å². The van der Waals surface area contributed by atoms with Crippen LogP contribution in [-0.2, 0) is 34.9 Å². The minimum absolute atomic E-state index is 0.106. The van der Waals surface area contributed by atoms with E-state index in [1.165, 1.54) is 102 Å². The van der Waals surface area contributed by atoms with Crippen LogP contribution in [0.15, 0.2) is 48.5 Å². The summed E-state index contributed by atoms with van der Waals surface area (Å²) in [4.78, 5) is 10.2. The molecule has 0 atom stereocenters. The van der Waals surface area contributed by atoms with Crippen molar-refractivity contribution >= 4 is 54.8 Å². The van der Waals surface area contributed by atoms with Gasteiger partial charge >= 0.3 is 67.0 Å². The Morgan fingerprint density at radius 2 is 0.547 bits per heavy atom. The van der Waals surface area contributed by atoms with Crippen LogP contribution in [0.25, 0.3) is 0 Å². The first-order valence-corrected chi connectivity index (χ1v) is 25.8. The molecule has 0 saturated carbocycles. The van der Waals surface area contributed by atoms with Crippen LogP contribution < -0.4 is 19.6 Å². The van der Waals surface area contributed by atoms with E-state index in [2.05, 4.69) is 183 Å². The minimum atomic E-state index is -0.106. The van der Waals surface area contributed by atoms with Crippen LogP contribution in [0.3, 0.4) is 0 Å². The quantitative estimate of drug-likeness (QED) is 0.189. The van der Waals surface area contributed by atoms with E-state index in [1.54, 1.807) is 0 Å². The van der Waals surface area contributed by atoms with Crippen molar-refractivity contribution in [2.45, 2.75) is 95.9 Å². The van der Waals surface area contributed by atoms with Crippen molar-refractivity contribution in [3.05, 3.63) is 115 Å². The second-order valence-corrected chi connectivity index (χ2v) is 17.4. The van der Waals surface area contributed by atoms with Gasteiger partial charge in [0.15, 0.2) is 0 Å². The average molecular weight is 1010 g/mol. The van der Waals surface area contributed by atoms with E-state index < -0.39 is 0 Å². The van der Waals surface area contributed by atoms with Gasteiger partial charge in [0, 0.05) is 48.9 Å². The second kappa shape index (κ2) is 21.7. The van der Waals surface area contributed by atoms with Gasteiger partial charge in [0.1, 0.15) is 0 Å². The molecule has 4 aromatic rings. The fraction of sp³-hybridized carbons (Fsp3) is 0.455. The molecule has 4 aromatic carbocycles. The average Bonchev–Trinajstić information content (AvgIpc) is 3.05. The van der Waals surface area contributed by atoms with Crippen molar-refractivity contribution in [2.75, 3.05) is 59.1 Å². The standard InChI is InChI=1S/2C22H30N2.Ag.BrH.2ClH.Pd/c2*1-15-10-17(3)21(18(4)11-15)23-8-7-9-24(14-23)22-19(5)12-16(2)13-20(22)6;;;;;/h2*10-13H,7-9,14H2,1-6H3;;3*1H;/q;;+1;;;;+2/p-3. The SMILES string of the molecule is Cc1cc(C)c(N2CCCN(c3c(C)cc(C)cc3C)C2)c(C)c1.Cc1cc(C)c(N2CCCN(c3c(C)cc(C)cc3C)C2)c(C)c1.[Br][Ag].[Cl][Pd][Cl]. The summed E-state index contributed by atoms with van der Waals surface area (Å²) in [6.07, 6.45) is 2.42. The molecule has 0 aromatic heterocycles. The van der Waals surface area contributed by atoms with Crippen molar-refractivity contribution in [3.63, 3.8) is 0 Å². The molecular weight excluding hydrogens is 950 g/mol. The Morgan fingerprint density at radius 1 is 0.396 bits per heavy atom. The van der Waals surface area contributed by atoms with Gasteiger partial charge in [-0.05, 0) is 140 Å². The van der Waals surface area contributed by atoms with E-state index in [0.717, 1.165) is 39.5 Å². The molecule has 2 heterocycles. The van der Waals surface area contributed by atoms with E-state index in [9.17, 15) is 0 Å². The number of anilines is 4. The van der Waals surface area contributed by atoms with Gasteiger partial charge in [0.25, 0.3) is 0 Å². The van der Waals surface area contributed by atoms with Gasteiger partial charge in [-0.25, -0.2) is 0 Å². The fourth-order valence-corrected chi connectivity index (χ4v) is 9.01. The molecule has 0 amide bonds. The predicted octanol–water partition coefficient (Wildman–Crippen LogP) is 12.6. The molecule has 4 nitrogen and oxygen atoms in total. The van der Waals surface area contributed by atoms with Crippen molar-refractivity contribution in [3.8, 4) is 0 Å². The van der Waals surface area contributed by atoms with Crippen molar-refractivity contribution in [1.82, 2.24) is 0 Å². The van der Waals surface area contributed by atoms with Gasteiger partial charge in [-0.15, -0.1) is 0 Å². The number of rotatable bonds is 4. The third-order valence-corrected chi connectivity index (χ3v) is 10.2. The Hall–Kier alpha value is -1.46. The number of hydrogen-bond acceptors (Lipinski definition) is 4. The van der Waals surface area contributed by atoms with Crippen LogP contribution in [0, 0.1) is 83.1 Å². The molecule has 0 unspecified atom stereocenters. The monoisotopic (exact) mass is 1010 g/mol. The van der Waals surface area contributed by atoms with Gasteiger partial charge in [-0.1, -0.05) is 70.8 Å². The zero-order valence-corrected chi connectivity index (χ0v) is 40.0. The molecule has 2 aliphatic rings. The first-order valence-electron chi connectivity index (χ1n) is 18.4. The first kappa shape index (κ1) is 45.9. The summed E-state index contributed by atoms with van der Waals surface area (Å²) >= 11 is 5.40. The van der Waals surface area contributed by atoms with Crippen LogP contribution in [-0.4, -0.2) is 39.5 Å². The number of aryl methyl sites for hydroxylation is 12. The number of hydrogen-bond donors (Lipinski definition) is 0. The van der Waals surface area contributed by atoms with Gasteiger partial charge in [0.2, 0.25) is 0 Å². The molecule has 298 valence electrons. The van der Waals surface area contributed by atoms with Crippen LogP contribution in [0.1, 0.15) is 79.6 Å². The van der Waals surface area contributed by atoms with E-state index in [4.69, 9.17) is 19.1 Å². The molecule has 9 heteroatoms. The topological polar surface area (TPSA) is 13.0 Å². The van der Waals surface area contributed by atoms with Crippen molar-refractivity contribution < 1.29 is 34.9 Å². The summed E-state index contributed by atoms with van der Waals surface area (Å²) in [5, 5.41) is 0. The van der Waals surface area contributed by atoms with Gasteiger partial charge in [0.05, 0.1) is 13.3 Å². The third kappa shape index (κ3) is 12.3. The Bertz CT molecular complexity index is 1480. The van der Waals surface area contributed by atoms with Crippen LogP contribution in [0.4, 0.5) is 22.7 Å².